The van der Waals surface area contributed by atoms with Crippen LogP contribution >= 0.6 is 0 Å². The van der Waals surface area contributed by atoms with E-state index in [1.807, 2.05) is 0 Å². The summed E-state index contributed by atoms with van der Waals surface area (Å²) in [6, 6.07) is 0.0131. The Balaban J connectivity index is 2.36. The first-order valence-corrected chi connectivity index (χ1v) is 6.63. The predicted octanol–water partition coefficient (Wildman–Crippen LogP) is 0.772. The molecule has 0 saturated carbocycles. The average molecular weight is 245 g/mol. The van der Waals surface area contributed by atoms with Gasteiger partial charge in [-0.2, -0.15) is 0 Å². The average Bonchev–Trinajstić information content (AvgIpc) is 2.35. The second kappa shape index (κ2) is 7.31. The molecule has 0 aromatic carbocycles. The van der Waals surface area contributed by atoms with Crippen molar-refractivity contribution in [2.45, 2.75) is 39.2 Å². The van der Waals surface area contributed by atoms with E-state index in [2.05, 4.69) is 19.2 Å². The van der Waals surface area contributed by atoms with E-state index in [1.54, 1.807) is 0 Å². The Hall–Kier alpha value is -0.160. The molecule has 1 aliphatic rings. The molecule has 0 amide bonds. The number of ether oxygens (including phenoxy) is 1. The molecule has 0 aliphatic carbocycles. The van der Waals surface area contributed by atoms with Crippen LogP contribution in [0.1, 0.15) is 33.1 Å². The van der Waals surface area contributed by atoms with Crippen LogP contribution in [-0.4, -0.2) is 49.2 Å². The lowest BCUT2D eigenvalue weighted by molar-refractivity contribution is 0.0209. The fourth-order valence-corrected chi connectivity index (χ4v) is 2.44. The number of hydrogen-bond donors (Lipinski definition) is 3. The molecular weight excluding hydrogens is 218 g/mol. The number of hydrogen-bond acceptors (Lipinski definition) is 4. The molecular formula is C13H27NO3. The largest absolute Gasteiger partial charge is 0.396 e. The van der Waals surface area contributed by atoms with Crippen molar-refractivity contribution in [3.63, 3.8) is 0 Å². The summed E-state index contributed by atoms with van der Waals surface area (Å²) in [7, 11) is 0. The third-order valence-corrected chi connectivity index (χ3v) is 3.87. The summed E-state index contributed by atoms with van der Waals surface area (Å²) in [6.45, 7) is 7.36. The zero-order valence-corrected chi connectivity index (χ0v) is 11.1. The summed E-state index contributed by atoms with van der Waals surface area (Å²) in [4.78, 5) is 0. The van der Waals surface area contributed by atoms with Crippen LogP contribution in [-0.2, 0) is 4.74 Å². The highest BCUT2D eigenvalue weighted by atomic mass is 16.5. The normalized spacial score (nSPS) is 20.5. The molecule has 0 aromatic rings. The van der Waals surface area contributed by atoms with Crippen LogP contribution in [0.25, 0.3) is 0 Å². The molecule has 0 spiro atoms. The van der Waals surface area contributed by atoms with Gasteiger partial charge in [-0.15, -0.1) is 0 Å². The highest BCUT2D eigenvalue weighted by Gasteiger charge is 2.31. The lowest BCUT2D eigenvalue weighted by Gasteiger charge is -2.38. The maximum atomic E-state index is 9.17. The minimum absolute atomic E-state index is 0.0131. The molecule has 1 aliphatic heterocycles. The van der Waals surface area contributed by atoms with Gasteiger partial charge in [-0.25, -0.2) is 0 Å². The molecule has 102 valence electrons. The van der Waals surface area contributed by atoms with Gasteiger partial charge in [-0.05, 0) is 30.6 Å². The van der Waals surface area contributed by atoms with Gasteiger partial charge in [0.05, 0.1) is 6.61 Å². The van der Waals surface area contributed by atoms with E-state index in [9.17, 15) is 5.11 Å². The van der Waals surface area contributed by atoms with E-state index in [0.717, 1.165) is 32.6 Å². The monoisotopic (exact) mass is 245 g/mol. The first-order valence-electron chi connectivity index (χ1n) is 6.63. The van der Waals surface area contributed by atoms with E-state index in [-0.39, 0.29) is 24.7 Å². The summed E-state index contributed by atoms with van der Waals surface area (Å²) in [6.07, 6.45) is 2.86. The molecule has 0 radical (unpaired) electrons. The molecule has 4 nitrogen and oxygen atoms in total. The van der Waals surface area contributed by atoms with Gasteiger partial charge in [-0.3, -0.25) is 0 Å². The zero-order valence-electron chi connectivity index (χ0n) is 11.1. The first kappa shape index (κ1) is 14.9. The van der Waals surface area contributed by atoms with Gasteiger partial charge in [-0.1, -0.05) is 13.8 Å². The Kier molecular flexibility index (Phi) is 6.41. The Morgan fingerprint density at radius 2 is 1.94 bits per heavy atom. The number of nitrogens with one attached hydrogen (secondary N) is 1. The number of aliphatic hydroxyl groups excluding tert-OH is 2. The maximum absolute atomic E-state index is 9.17. The molecule has 1 fully saturated rings. The van der Waals surface area contributed by atoms with Gasteiger partial charge >= 0.3 is 0 Å². The van der Waals surface area contributed by atoms with Crippen molar-refractivity contribution in [3.8, 4) is 0 Å². The molecule has 1 rings (SSSR count). The van der Waals surface area contributed by atoms with Crippen molar-refractivity contribution in [2.75, 3.05) is 33.0 Å². The van der Waals surface area contributed by atoms with Crippen molar-refractivity contribution in [2.24, 2.45) is 11.3 Å². The van der Waals surface area contributed by atoms with E-state index in [1.165, 1.54) is 0 Å². The third kappa shape index (κ3) is 4.92. The van der Waals surface area contributed by atoms with Crippen molar-refractivity contribution < 1.29 is 14.9 Å². The molecule has 1 atom stereocenters. The minimum atomic E-state index is 0.0131. The molecule has 3 N–H and O–H groups in total. The van der Waals surface area contributed by atoms with Crippen LogP contribution in [0.5, 0.6) is 0 Å². The van der Waals surface area contributed by atoms with Gasteiger partial charge < -0.3 is 20.3 Å². The Bertz CT molecular complexity index is 203. The lowest BCUT2D eigenvalue weighted by Crippen LogP contribution is -2.43. The van der Waals surface area contributed by atoms with Crippen LogP contribution in [0.3, 0.4) is 0 Å². The van der Waals surface area contributed by atoms with Gasteiger partial charge in [0.2, 0.25) is 0 Å². The maximum Gasteiger partial charge on any atom is 0.0585 e. The lowest BCUT2D eigenvalue weighted by atomic mass is 9.74. The summed E-state index contributed by atoms with van der Waals surface area (Å²) in [5.41, 5.74) is 0.215. The molecule has 4 heteroatoms. The van der Waals surface area contributed by atoms with Crippen LogP contribution in [0.4, 0.5) is 0 Å². The van der Waals surface area contributed by atoms with E-state index < -0.39 is 0 Å². The quantitative estimate of drug-likeness (QED) is 0.620. The summed E-state index contributed by atoms with van der Waals surface area (Å²) in [5.74, 6) is 0.678. The van der Waals surface area contributed by atoms with Crippen molar-refractivity contribution in [1.29, 1.82) is 0 Å². The Morgan fingerprint density at radius 3 is 2.47 bits per heavy atom. The van der Waals surface area contributed by atoms with Crippen LogP contribution in [0, 0.1) is 11.3 Å². The third-order valence-electron chi connectivity index (χ3n) is 3.87. The van der Waals surface area contributed by atoms with Gasteiger partial charge in [0.25, 0.3) is 0 Å². The minimum Gasteiger partial charge on any atom is -0.396 e. The summed E-state index contributed by atoms with van der Waals surface area (Å²) < 4.78 is 5.39. The fourth-order valence-electron chi connectivity index (χ4n) is 2.44. The number of rotatable bonds is 7. The van der Waals surface area contributed by atoms with Crippen molar-refractivity contribution in [1.82, 2.24) is 5.32 Å². The number of aliphatic hydroxyl groups is 2. The van der Waals surface area contributed by atoms with Crippen LogP contribution < -0.4 is 5.32 Å². The molecule has 1 saturated heterocycles. The summed E-state index contributed by atoms with van der Waals surface area (Å²) in [5, 5.41) is 21.4. The Morgan fingerprint density at radius 1 is 1.29 bits per heavy atom. The zero-order chi connectivity index (χ0) is 12.7. The molecule has 0 bridgehead atoms. The highest BCUT2D eigenvalue weighted by molar-refractivity contribution is 4.83. The van der Waals surface area contributed by atoms with Crippen LogP contribution in [0.15, 0.2) is 0 Å². The molecule has 0 aromatic heterocycles. The van der Waals surface area contributed by atoms with E-state index in [4.69, 9.17) is 9.84 Å². The van der Waals surface area contributed by atoms with Gasteiger partial charge in [0.1, 0.15) is 0 Å². The SMILES string of the molecule is CC(C)(CNC(CO)CCO)C1CCOCC1. The second-order valence-electron chi connectivity index (χ2n) is 5.65. The predicted molar refractivity (Wildman–Crippen MR) is 67.9 cm³/mol. The standard InChI is InChI=1S/C13H27NO3/c1-13(2,11-4-7-17-8-5-11)10-14-12(9-16)3-6-15/h11-12,14-16H,3-10H2,1-2H3. The van der Waals surface area contributed by atoms with E-state index in [0.29, 0.717) is 12.3 Å². The van der Waals surface area contributed by atoms with Gasteiger partial charge in [0, 0.05) is 32.4 Å². The van der Waals surface area contributed by atoms with Crippen molar-refractivity contribution in [3.05, 3.63) is 0 Å². The van der Waals surface area contributed by atoms with E-state index >= 15 is 0 Å². The molecule has 17 heavy (non-hydrogen) atoms. The summed E-state index contributed by atoms with van der Waals surface area (Å²) >= 11 is 0. The van der Waals surface area contributed by atoms with Crippen molar-refractivity contribution >= 4 is 0 Å². The van der Waals surface area contributed by atoms with Gasteiger partial charge in [0.15, 0.2) is 0 Å². The smallest absolute Gasteiger partial charge is 0.0585 e. The second-order valence-corrected chi connectivity index (χ2v) is 5.65. The molecule has 1 unspecified atom stereocenters. The first-order chi connectivity index (χ1) is 8.10. The van der Waals surface area contributed by atoms with Crippen LogP contribution in [0.2, 0.25) is 0 Å². The Labute approximate surface area is 104 Å². The topological polar surface area (TPSA) is 61.7 Å². The highest BCUT2D eigenvalue weighted by Crippen LogP contribution is 2.33. The molecule has 1 heterocycles. The fraction of sp³-hybridized carbons (Fsp3) is 1.00.